The van der Waals surface area contributed by atoms with Gasteiger partial charge in [-0.3, -0.25) is 14.7 Å². The lowest BCUT2D eigenvalue weighted by molar-refractivity contribution is -0.125. The molecule has 24 heavy (non-hydrogen) atoms. The maximum atomic E-state index is 11.9. The summed E-state index contributed by atoms with van der Waals surface area (Å²) in [4.78, 5) is 29.0. The van der Waals surface area contributed by atoms with E-state index in [1.165, 1.54) is 11.1 Å². The lowest BCUT2D eigenvalue weighted by Gasteiger charge is -2.24. The van der Waals surface area contributed by atoms with Gasteiger partial charge in [-0.15, -0.1) is 0 Å². The zero-order valence-corrected chi connectivity index (χ0v) is 14.0. The fraction of sp³-hybridized carbons (Fsp3) is 0.278. The summed E-state index contributed by atoms with van der Waals surface area (Å²) in [7, 11) is 1.57. The summed E-state index contributed by atoms with van der Waals surface area (Å²) in [5.41, 5.74) is 1.13. The van der Waals surface area contributed by atoms with Gasteiger partial charge in [-0.1, -0.05) is 30.3 Å². The van der Waals surface area contributed by atoms with E-state index in [0.29, 0.717) is 11.4 Å². The molecule has 0 radical (unpaired) electrons. The largest absolute Gasteiger partial charge is 0.465 e. The van der Waals surface area contributed by atoms with Gasteiger partial charge >= 0.3 is 6.09 Å². The van der Waals surface area contributed by atoms with Crippen molar-refractivity contribution in [2.24, 2.45) is 0 Å². The van der Waals surface area contributed by atoms with Crippen LogP contribution in [0.15, 0.2) is 48.7 Å². The number of hydrogen-bond donors (Lipinski definition) is 2. The Labute approximate surface area is 141 Å². The van der Waals surface area contributed by atoms with Crippen molar-refractivity contribution in [2.75, 3.05) is 11.9 Å². The molecule has 0 saturated carbocycles. The van der Waals surface area contributed by atoms with E-state index in [1.807, 2.05) is 30.3 Å². The molecule has 0 saturated heterocycles. The van der Waals surface area contributed by atoms with Crippen LogP contribution in [0.2, 0.25) is 0 Å². The molecule has 6 heteroatoms. The Kier molecular flexibility index (Phi) is 5.18. The number of amides is 2. The van der Waals surface area contributed by atoms with Crippen molar-refractivity contribution >= 4 is 17.7 Å². The molecule has 1 heterocycles. The predicted molar refractivity (Wildman–Crippen MR) is 92.0 cm³/mol. The number of pyridine rings is 1. The van der Waals surface area contributed by atoms with E-state index in [9.17, 15) is 14.7 Å². The lowest BCUT2D eigenvalue weighted by atomic mass is 9.87. The van der Waals surface area contributed by atoms with Crippen molar-refractivity contribution in [2.45, 2.75) is 25.8 Å². The van der Waals surface area contributed by atoms with Gasteiger partial charge in [0.2, 0.25) is 5.91 Å². The van der Waals surface area contributed by atoms with Crippen LogP contribution in [0.3, 0.4) is 0 Å². The molecule has 0 unspecified atom stereocenters. The Morgan fingerprint density at radius 1 is 1.17 bits per heavy atom. The van der Waals surface area contributed by atoms with Gasteiger partial charge in [0.25, 0.3) is 0 Å². The van der Waals surface area contributed by atoms with E-state index in [-0.39, 0.29) is 12.5 Å². The van der Waals surface area contributed by atoms with E-state index in [4.69, 9.17) is 0 Å². The second-order valence-electron chi connectivity index (χ2n) is 5.96. The molecule has 2 aromatic rings. The zero-order chi connectivity index (χ0) is 17.7. The standard InChI is InChI=1S/C18H21N3O3/c1-18(2,16(22)19-3)15-10-9-14(11-20-15)21(17(23)24)12-13-7-5-4-6-8-13/h4-11H,12H2,1-3H3,(H,19,22)(H,23,24). The van der Waals surface area contributed by atoms with E-state index in [0.717, 1.165) is 5.56 Å². The predicted octanol–water partition coefficient (Wildman–Crippen LogP) is 2.79. The monoisotopic (exact) mass is 327 g/mol. The number of benzene rings is 1. The van der Waals surface area contributed by atoms with Crippen LogP contribution < -0.4 is 10.2 Å². The topological polar surface area (TPSA) is 82.5 Å². The average Bonchev–Trinajstić information content (AvgIpc) is 2.59. The van der Waals surface area contributed by atoms with Gasteiger partial charge in [0.05, 0.1) is 29.5 Å². The maximum absolute atomic E-state index is 11.9. The number of aromatic nitrogens is 1. The van der Waals surface area contributed by atoms with Crippen LogP contribution >= 0.6 is 0 Å². The number of nitrogens with one attached hydrogen (secondary N) is 1. The Hall–Kier alpha value is -2.89. The molecule has 0 aliphatic rings. The van der Waals surface area contributed by atoms with Crippen molar-refractivity contribution in [1.82, 2.24) is 10.3 Å². The second kappa shape index (κ2) is 7.12. The number of carbonyl (C=O) groups is 2. The Bertz CT molecular complexity index is 712. The van der Waals surface area contributed by atoms with Crippen molar-refractivity contribution in [3.05, 3.63) is 59.9 Å². The molecule has 0 atom stereocenters. The Balaban J connectivity index is 2.26. The van der Waals surface area contributed by atoms with Gasteiger partial charge in [0, 0.05) is 7.05 Å². The third-order valence-corrected chi connectivity index (χ3v) is 3.91. The van der Waals surface area contributed by atoms with Crippen molar-refractivity contribution in [3.8, 4) is 0 Å². The van der Waals surface area contributed by atoms with Crippen LogP contribution in [0.4, 0.5) is 10.5 Å². The van der Waals surface area contributed by atoms with Gasteiger partial charge in [0.15, 0.2) is 0 Å². The Morgan fingerprint density at radius 2 is 1.83 bits per heavy atom. The number of likely N-dealkylation sites (N-methyl/N-ethyl adjacent to an activating group) is 1. The third-order valence-electron chi connectivity index (χ3n) is 3.91. The van der Waals surface area contributed by atoms with Crippen LogP contribution in [-0.4, -0.2) is 29.1 Å². The molecule has 2 N–H and O–H groups in total. The highest BCUT2D eigenvalue weighted by atomic mass is 16.4. The highest BCUT2D eigenvalue weighted by Gasteiger charge is 2.30. The molecular weight excluding hydrogens is 306 g/mol. The van der Waals surface area contributed by atoms with Gasteiger partial charge in [-0.2, -0.15) is 0 Å². The second-order valence-corrected chi connectivity index (χ2v) is 5.96. The summed E-state index contributed by atoms with van der Waals surface area (Å²) in [6.45, 7) is 3.77. The summed E-state index contributed by atoms with van der Waals surface area (Å²) in [5, 5.41) is 12.1. The Morgan fingerprint density at radius 3 is 2.33 bits per heavy atom. The molecule has 1 aromatic carbocycles. The summed E-state index contributed by atoms with van der Waals surface area (Å²) in [6, 6.07) is 12.7. The average molecular weight is 327 g/mol. The van der Waals surface area contributed by atoms with Gasteiger partial charge in [0.1, 0.15) is 0 Å². The fourth-order valence-electron chi connectivity index (χ4n) is 2.38. The van der Waals surface area contributed by atoms with E-state index in [2.05, 4.69) is 10.3 Å². The molecule has 1 aromatic heterocycles. The van der Waals surface area contributed by atoms with Crippen LogP contribution in [-0.2, 0) is 16.8 Å². The molecule has 2 amide bonds. The number of carboxylic acid groups (broad SMARTS) is 1. The summed E-state index contributed by atoms with van der Waals surface area (Å²) >= 11 is 0. The molecule has 0 spiro atoms. The third kappa shape index (κ3) is 3.71. The number of anilines is 1. The fourth-order valence-corrected chi connectivity index (χ4v) is 2.38. The molecular formula is C18H21N3O3. The highest BCUT2D eigenvalue weighted by molar-refractivity contribution is 5.87. The molecule has 2 rings (SSSR count). The van der Waals surface area contributed by atoms with Crippen molar-refractivity contribution < 1.29 is 14.7 Å². The first-order chi connectivity index (χ1) is 11.4. The highest BCUT2D eigenvalue weighted by Crippen LogP contribution is 2.24. The van der Waals surface area contributed by atoms with Crippen LogP contribution in [0, 0.1) is 0 Å². The maximum Gasteiger partial charge on any atom is 0.412 e. The number of rotatable bonds is 5. The lowest BCUT2D eigenvalue weighted by Crippen LogP contribution is -2.38. The molecule has 0 fully saturated rings. The molecule has 6 nitrogen and oxygen atoms in total. The molecule has 126 valence electrons. The first kappa shape index (κ1) is 17.5. The summed E-state index contributed by atoms with van der Waals surface area (Å²) in [5.74, 6) is -0.151. The normalized spacial score (nSPS) is 11.0. The molecule has 0 aliphatic heterocycles. The quantitative estimate of drug-likeness (QED) is 0.884. The van der Waals surface area contributed by atoms with E-state index in [1.54, 1.807) is 33.0 Å². The number of hydrogen-bond acceptors (Lipinski definition) is 3. The van der Waals surface area contributed by atoms with Gasteiger partial charge in [-0.25, -0.2) is 4.79 Å². The van der Waals surface area contributed by atoms with Gasteiger partial charge < -0.3 is 10.4 Å². The summed E-state index contributed by atoms with van der Waals surface area (Å²) < 4.78 is 0. The minimum absolute atomic E-state index is 0.151. The summed E-state index contributed by atoms with van der Waals surface area (Å²) in [6.07, 6.45) is 0.427. The number of carbonyl (C=O) groups excluding carboxylic acids is 1. The van der Waals surface area contributed by atoms with Crippen LogP contribution in [0.1, 0.15) is 25.1 Å². The first-order valence-electron chi connectivity index (χ1n) is 7.59. The zero-order valence-electron chi connectivity index (χ0n) is 14.0. The van der Waals surface area contributed by atoms with Crippen LogP contribution in [0.25, 0.3) is 0 Å². The minimum Gasteiger partial charge on any atom is -0.465 e. The van der Waals surface area contributed by atoms with Gasteiger partial charge in [-0.05, 0) is 31.5 Å². The number of nitrogens with zero attached hydrogens (tertiary/aromatic N) is 2. The SMILES string of the molecule is CNC(=O)C(C)(C)c1ccc(N(Cc2ccccc2)C(=O)O)cn1. The minimum atomic E-state index is -1.06. The van der Waals surface area contributed by atoms with E-state index >= 15 is 0 Å². The van der Waals surface area contributed by atoms with Crippen molar-refractivity contribution in [3.63, 3.8) is 0 Å². The first-order valence-corrected chi connectivity index (χ1v) is 7.59. The van der Waals surface area contributed by atoms with E-state index < -0.39 is 11.5 Å². The smallest absolute Gasteiger partial charge is 0.412 e. The molecule has 0 bridgehead atoms. The van der Waals surface area contributed by atoms with Crippen molar-refractivity contribution in [1.29, 1.82) is 0 Å². The molecule has 0 aliphatic carbocycles. The van der Waals surface area contributed by atoms with Crippen LogP contribution in [0.5, 0.6) is 0 Å².